The summed E-state index contributed by atoms with van der Waals surface area (Å²) in [7, 11) is 0. The summed E-state index contributed by atoms with van der Waals surface area (Å²) in [6.45, 7) is 3.49. The third-order valence-electron chi connectivity index (χ3n) is 4.07. The van der Waals surface area contributed by atoms with E-state index < -0.39 is 0 Å². The van der Waals surface area contributed by atoms with Gasteiger partial charge in [-0.1, -0.05) is 31.2 Å². The SMILES string of the molecule is CCc1ccc(C2NCC(=O)N2CC2CSCCS2)cc1. The molecular weight excluding hydrogens is 300 g/mol. The Morgan fingerprint density at radius 1 is 1.29 bits per heavy atom. The number of rotatable bonds is 4. The number of carbonyl (C=O) groups is 1. The Kier molecular flexibility index (Phi) is 5.14. The van der Waals surface area contributed by atoms with Crippen LogP contribution < -0.4 is 5.32 Å². The summed E-state index contributed by atoms with van der Waals surface area (Å²) in [5.74, 6) is 3.85. The normalized spacial score (nSPS) is 26.3. The number of benzene rings is 1. The van der Waals surface area contributed by atoms with Crippen LogP contribution in [0.15, 0.2) is 24.3 Å². The van der Waals surface area contributed by atoms with Crippen molar-refractivity contribution in [3.8, 4) is 0 Å². The van der Waals surface area contributed by atoms with Gasteiger partial charge in [0.25, 0.3) is 0 Å². The molecule has 1 amide bonds. The molecule has 2 atom stereocenters. The smallest absolute Gasteiger partial charge is 0.238 e. The highest BCUT2D eigenvalue weighted by Gasteiger charge is 2.33. The lowest BCUT2D eigenvalue weighted by atomic mass is 10.1. The van der Waals surface area contributed by atoms with E-state index >= 15 is 0 Å². The van der Waals surface area contributed by atoms with E-state index in [2.05, 4.69) is 36.5 Å². The highest BCUT2D eigenvalue weighted by molar-refractivity contribution is 8.06. The fraction of sp³-hybridized carbons (Fsp3) is 0.562. The van der Waals surface area contributed by atoms with Crippen molar-refractivity contribution in [3.63, 3.8) is 0 Å². The van der Waals surface area contributed by atoms with E-state index in [1.165, 1.54) is 22.6 Å². The maximum atomic E-state index is 12.2. The molecule has 3 nitrogen and oxygen atoms in total. The molecule has 0 radical (unpaired) electrons. The van der Waals surface area contributed by atoms with Crippen LogP contribution in [0, 0.1) is 0 Å². The molecule has 114 valence electrons. The summed E-state index contributed by atoms with van der Waals surface area (Å²) >= 11 is 4.02. The molecule has 2 aliphatic rings. The van der Waals surface area contributed by atoms with E-state index in [4.69, 9.17) is 0 Å². The Morgan fingerprint density at radius 2 is 2.10 bits per heavy atom. The van der Waals surface area contributed by atoms with Crippen molar-refractivity contribution in [2.75, 3.05) is 30.3 Å². The van der Waals surface area contributed by atoms with Gasteiger partial charge in [-0.05, 0) is 17.5 Å². The van der Waals surface area contributed by atoms with Gasteiger partial charge in [-0.3, -0.25) is 10.1 Å². The van der Waals surface area contributed by atoms with Crippen molar-refractivity contribution in [2.24, 2.45) is 0 Å². The van der Waals surface area contributed by atoms with Crippen LogP contribution in [-0.2, 0) is 11.2 Å². The molecule has 2 fully saturated rings. The number of hydrogen-bond donors (Lipinski definition) is 1. The Hall–Kier alpha value is -0.650. The number of amides is 1. The Morgan fingerprint density at radius 3 is 2.76 bits per heavy atom. The Bertz CT molecular complexity index is 486. The molecule has 1 aromatic carbocycles. The van der Waals surface area contributed by atoms with Crippen LogP contribution in [0.5, 0.6) is 0 Å². The Labute approximate surface area is 135 Å². The van der Waals surface area contributed by atoms with Gasteiger partial charge in [0, 0.05) is 29.1 Å². The van der Waals surface area contributed by atoms with Gasteiger partial charge in [-0.2, -0.15) is 23.5 Å². The number of hydrogen-bond acceptors (Lipinski definition) is 4. The van der Waals surface area contributed by atoms with E-state index in [1.54, 1.807) is 0 Å². The van der Waals surface area contributed by atoms with Crippen molar-refractivity contribution in [1.29, 1.82) is 0 Å². The van der Waals surface area contributed by atoms with E-state index in [-0.39, 0.29) is 12.1 Å². The molecule has 0 aromatic heterocycles. The first-order chi connectivity index (χ1) is 10.3. The second-order valence-electron chi connectivity index (χ2n) is 5.49. The van der Waals surface area contributed by atoms with Crippen molar-refractivity contribution >= 4 is 29.4 Å². The second-order valence-corrected chi connectivity index (χ2v) is 8.05. The average molecular weight is 322 g/mol. The van der Waals surface area contributed by atoms with E-state index in [1.807, 2.05) is 28.4 Å². The van der Waals surface area contributed by atoms with E-state index in [0.29, 0.717) is 11.8 Å². The number of carbonyl (C=O) groups excluding carboxylic acids is 1. The molecule has 2 heterocycles. The topological polar surface area (TPSA) is 32.3 Å². The van der Waals surface area contributed by atoms with Gasteiger partial charge >= 0.3 is 0 Å². The predicted octanol–water partition coefficient (Wildman–Crippen LogP) is 2.53. The second kappa shape index (κ2) is 7.07. The summed E-state index contributed by atoms with van der Waals surface area (Å²) in [4.78, 5) is 14.2. The number of thioether (sulfide) groups is 2. The van der Waals surface area contributed by atoms with Crippen molar-refractivity contribution < 1.29 is 4.79 Å². The molecule has 2 unspecified atom stereocenters. The van der Waals surface area contributed by atoms with Gasteiger partial charge < -0.3 is 4.90 Å². The molecule has 1 aromatic rings. The molecule has 5 heteroatoms. The third-order valence-corrected chi connectivity index (χ3v) is 6.89. The summed E-state index contributed by atoms with van der Waals surface area (Å²) in [6, 6.07) is 8.65. The summed E-state index contributed by atoms with van der Waals surface area (Å²) in [5, 5.41) is 3.93. The van der Waals surface area contributed by atoms with Crippen LogP contribution in [0.1, 0.15) is 24.2 Å². The molecule has 2 saturated heterocycles. The molecular formula is C16H22N2OS2. The van der Waals surface area contributed by atoms with Gasteiger partial charge in [0.1, 0.15) is 6.17 Å². The number of aryl methyl sites for hydroxylation is 1. The average Bonchev–Trinajstić information content (AvgIpc) is 2.90. The summed E-state index contributed by atoms with van der Waals surface area (Å²) in [6.07, 6.45) is 1.10. The van der Waals surface area contributed by atoms with Gasteiger partial charge in [0.05, 0.1) is 6.54 Å². The molecule has 0 spiro atoms. The minimum Gasteiger partial charge on any atom is -0.321 e. The van der Waals surface area contributed by atoms with Crippen molar-refractivity contribution in [3.05, 3.63) is 35.4 Å². The minimum absolute atomic E-state index is 0.0518. The zero-order valence-electron chi connectivity index (χ0n) is 12.4. The quantitative estimate of drug-likeness (QED) is 0.923. The Balaban J connectivity index is 1.71. The number of nitrogens with one attached hydrogen (secondary N) is 1. The lowest BCUT2D eigenvalue weighted by Gasteiger charge is -2.30. The van der Waals surface area contributed by atoms with Crippen LogP contribution in [0.4, 0.5) is 0 Å². The zero-order valence-corrected chi connectivity index (χ0v) is 14.0. The zero-order chi connectivity index (χ0) is 14.7. The van der Waals surface area contributed by atoms with Crippen LogP contribution in [0.3, 0.4) is 0 Å². The van der Waals surface area contributed by atoms with Crippen molar-refractivity contribution in [2.45, 2.75) is 24.8 Å². The fourth-order valence-corrected chi connectivity index (χ4v) is 5.51. The third kappa shape index (κ3) is 3.58. The molecule has 1 N–H and O–H groups in total. The first kappa shape index (κ1) is 15.3. The maximum absolute atomic E-state index is 12.2. The van der Waals surface area contributed by atoms with Crippen LogP contribution >= 0.6 is 23.5 Å². The summed E-state index contributed by atoms with van der Waals surface area (Å²) in [5.41, 5.74) is 2.54. The lowest BCUT2D eigenvalue weighted by Crippen LogP contribution is -2.37. The first-order valence-corrected chi connectivity index (χ1v) is 9.79. The van der Waals surface area contributed by atoms with Gasteiger partial charge in [0.15, 0.2) is 0 Å². The molecule has 0 bridgehead atoms. The highest BCUT2D eigenvalue weighted by atomic mass is 32.2. The predicted molar refractivity (Wildman–Crippen MR) is 91.8 cm³/mol. The molecule has 0 saturated carbocycles. The maximum Gasteiger partial charge on any atom is 0.238 e. The van der Waals surface area contributed by atoms with E-state index in [9.17, 15) is 4.79 Å². The summed E-state index contributed by atoms with van der Waals surface area (Å²) < 4.78 is 0. The van der Waals surface area contributed by atoms with Crippen LogP contribution in [0.25, 0.3) is 0 Å². The molecule has 2 aliphatic heterocycles. The first-order valence-electron chi connectivity index (χ1n) is 7.59. The van der Waals surface area contributed by atoms with Gasteiger partial charge in [-0.15, -0.1) is 0 Å². The van der Waals surface area contributed by atoms with E-state index in [0.717, 1.165) is 18.7 Å². The largest absolute Gasteiger partial charge is 0.321 e. The lowest BCUT2D eigenvalue weighted by molar-refractivity contribution is -0.128. The fourth-order valence-electron chi connectivity index (χ4n) is 2.84. The molecule has 21 heavy (non-hydrogen) atoms. The van der Waals surface area contributed by atoms with Crippen LogP contribution in [0.2, 0.25) is 0 Å². The monoisotopic (exact) mass is 322 g/mol. The standard InChI is InChI=1S/C16H22N2OS2/c1-2-12-3-5-13(6-4-12)16-17-9-15(19)18(16)10-14-11-20-7-8-21-14/h3-6,14,16-17H,2,7-11H2,1H3. The van der Waals surface area contributed by atoms with Crippen LogP contribution in [-0.4, -0.2) is 46.4 Å². The minimum atomic E-state index is 0.0518. The molecule has 0 aliphatic carbocycles. The highest BCUT2D eigenvalue weighted by Crippen LogP contribution is 2.29. The number of nitrogens with zero attached hydrogens (tertiary/aromatic N) is 1. The molecule has 3 rings (SSSR count). The van der Waals surface area contributed by atoms with Gasteiger partial charge in [-0.25, -0.2) is 0 Å². The van der Waals surface area contributed by atoms with Gasteiger partial charge in [0.2, 0.25) is 5.91 Å². The van der Waals surface area contributed by atoms with Crippen molar-refractivity contribution in [1.82, 2.24) is 10.2 Å².